The fourth-order valence-electron chi connectivity index (χ4n) is 4.11. The zero-order chi connectivity index (χ0) is 30.8. The summed E-state index contributed by atoms with van der Waals surface area (Å²) in [5.74, 6) is 0.0836. The fourth-order valence-corrected chi connectivity index (χ4v) is 5.03. The van der Waals surface area contributed by atoms with Gasteiger partial charge in [0.15, 0.2) is 0 Å². The van der Waals surface area contributed by atoms with E-state index in [1.54, 1.807) is 73.8 Å². The molecule has 7 nitrogen and oxygen atoms in total. The number of hydrogen-bond acceptors (Lipinski definition) is 5. The molecule has 0 aromatic heterocycles. The molecule has 8 heteroatoms. The Labute approximate surface area is 256 Å². The van der Waals surface area contributed by atoms with Gasteiger partial charge in [-0.25, -0.2) is 0 Å². The summed E-state index contributed by atoms with van der Waals surface area (Å²) in [5, 5.41) is 8.21. The van der Waals surface area contributed by atoms with Crippen molar-refractivity contribution in [2.75, 3.05) is 17.7 Å². The summed E-state index contributed by atoms with van der Waals surface area (Å²) in [6.07, 6.45) is 1.61. The van der Waals surface area contributed by atoms with Crippen molar-refractivity contribution in [3.8, 4) is 5.75 Å². The highest BCUT2D eigenvalue weighted by Crippen LogP contribution is 2.27. The number of thioether (sulfide) groups is 1. The van der Waals surface area contributed by atoms with Crippen LogP contribution in [0.15, 0.2) is 114 Å². The Morgan fingerprint density at radius 3 is 2.12 bits per heavy atom. The molecular weight excluding hydrogens is 558 g/mol. The predicted molar refractivity (Wildman–Crippen MR) is 174 cm³/mol. The third-order valence-electron chi connectivity index (χ3n) is 6.57. The van der Waals surface area contributed by atoms with Gasteiger partial charge in [-0.1, -0.05) is 62.4 Å². The van der Waals surface area contributed by atoms with E-state index in [9.17, 15) is 14.4 Å². The van der Waals surface area contributed by atoms with Gasteiger partial charge in [0, 0.05) is 21.8 Å². The normalized spacial score (nSPS) is 11.9. The molecule has 220 valence electrons. The first-order chi connectivity index (χ1) is 20.7. The SMILES string of the molecule is COc1ccc(/C=C(/NC(=O)c2ccccc2)C(=O)Nc2cccc(SC(C)C(=O)Nc3ccc(C(C)C)cc3)c2)cc1. The minimum absolute atomic E-state index is 0.0771. The van der Waals surface area contributed by atoms with Crippen LogP contribution in [0.2, 0.25) is 0 Å². The van der Waals surface area contributed by atoms with Crippen molar-refractivity contribution in [3.05, 3.63) is 126 Å². The number of ether oxygens (including phenoxy) is 1. The summed E-state index contributed by atoms with van der Waals surface area (Å²) in [6.45, 7) is 6.09. The molecular formula is C35H35N3O4S. The monoisotopic (exact) mass is 593 g/mol. The maximum Gasteiger partial charge on any atom is 0.272 e. The summed E-state index contributed by atoms with van der Waals surface area (Å²) in [4.78, 5) is 40.0. The number of nitrogens with one attached hydrogen (secondary N) is 3. The number of carbonyl (C=O) groups excluding carboxylic acids is 3. The summed E-state index contributed by atoms with van der Waals surface area (Å²) in [7, 11) is 1.58. The highest BCUT2D eigenvalue weighted by Gasteiger charge is 2.17. The van der Waals surface area contributed by atoms with Crippen LogP contribution in [0.25, 0.3) is 6.08 Å². The Morgan fingerprint density at radius 1 is 0.767 bits per heavy atom. The van der Waals surface area contributed by atoms with Crippen LogP contribution in [0.4, 0.5) is 11.4 Å². The summed E-state index contributed by atoms with van der Waals surface area (Å²) >= 11 is 1.38. The Hall–Kier alpha value is -4.82. The largest absolute Gasteiger partial charge is 0.497 e. The average molecular weight is 594 g/mol. The minimum atomic E-state index is -0.488. The Kier molecular flexibility index (Phi) is 10.8. The van der Waals surface area contributed by atoms with Crippen LogP contribution >= 0.6 is 11.8 Å². The van der Waals surface area contributed by atoms with E-state index in [0.717, 1.165) is 10.6 Å². The highest BCUT2D eigenvalue weighted by molar-refractivity contribution is 8.00. The molecule has 0 radical (unpaired) electrons. The molecule has 3 amide bonds. The average Bonchev–Trinajstić information content (AvgIpc) is 3.01. The molecule has 1 unspecified atom stereocenters. The molecule has 43 heavy (non-hydrogen) atoms. The molecule has 0 saturated heterocycles. The maximum atomic E-state index is 13.4. The van der Waals surface area contributed by atoms with Crippen molar-refractivity contribution in [2.24, 2.45) is 0 Å². The second kappa shape index (κ2) is 14.9. The number of carbonyl (C=O) groups is 3. The fraction of sp³-hybridized carbons (Fsp3) is 0.171. The van der Waals surface area contributed by atoms with Crippen LogP contribution in [0, 0.1) is 0 Å². The topological polar surface area (TPSA) is 96.5 Å². The summed E-state index contributed by atoms with van der Waals surface area (Å²) in [5.41, 5.74) is 3.70. The van der Waals surface area contributed by atoms with Gasteiger partial charge in [0.2, 0.25) is 5.91 Å². The lowest BCUT2D eigenvalue weighted by Gasteiger charge is -2.14. The van der Waals surface area contributed by atoms with Gasteiger partial charge in [0.25, 0.3) is 11.8 Å². The van der Waals surface area contributed by atoms with E-state index in [1.807, 2.05) is 49.4 Å². The van der Waals surface area contributed by atoms with E-state index in [-0.39, 0.29) is 16.9 Å². The first-order valence-electron chi connectivity index (χ1n) is 13.9. The molecule has 1 atom stereocenters. The lowest BCUT2D eigenvalue weighted by Crippen LogP contribution is -2.30. The van der Waals surface area contributed by atoms with Crippen molar-refractivity contribution in [1.29, 1.82) is 0 Å². The summed E-state index contributed by atoms with van der Waals surface area (Å²) in [6, 6.07) is 30.9. The molecule has 0 aliphatic heterocycles. The number of hydrogen-bond donors (Lipinski definition) is 3. The third-order valence-corrected chi connectivity index (χ3v) is 7.67. The zero-order valence-electron chi connectivity index (χ0n) is 24.6. The second-order valence-corrected chi connectivity index (χ2v) is 11.6. The van der Waals surface area contributed by atoms with Gasteiger partial charge in [0.05, 0.1) is 12.4 Å². The molecule has 4 rings (SSSR count). The molecule has 0 aliphatic rings. The van der Waals surface area contributed by atoms with Gasteiger partial charge in [-0.15, -0.1) is 11.8 Å². The molecule has 0 spiro atoms. The number of amides is 3. The molecule has 0 fully saturated rings. The van der Waals surface area contributed by atoms with Gasteiger partial charge >= 0.3 is 0 Å². The highest BCUT2D eigenvalue weighted by atomic mass is 32.2. The lowest BCUT2D eigenvalue weighted by molar-refractivity contribution is -0.115. The van der Waals surface area contributed by atoms with Crippen LogP contribution in [0.5, 0.6) is 5.75 Å². The number of benzene rings is 4. The molecule has 0 bridgehead atoms. The predicted octanol–water partition coefficient (Wildman–Crippen LogP) is 7.35. The first kappa shape index (κ1) is 31.1. The number of methoxy groups -OCH3 is 1. The lowest BCUT2D eigenvalue weighted by atomic mass is 10.0. The third kappa shape index (κ3) is 9.08. The quantitative estimate of drug-likeness (QED) is 0.125. The van der Waals surface area contributed by atoms with Crippen molar-refractivity contribution >= 4 is 46.9 Å². The van der Waals surface area contributed by atoms with Gasteiger partial charge in [-0.05, 0) is 84.6 Å². The molecule has 3 N–H and O–H groups in total. The Morgan fingerprint density at radius 2 is 1.47 bits per heavy atom. The van der Waals surface area contributed by atoms with E-state index in [1.165, 1.54) is 17.3 Å². The number of anilines is 2. The molecule has 4 aromatic carbocycles. The Bertz CT molecular complexity index is 1580. The standard InChI is InChI=1S/C35H35N3O4S/c1-23(2)26-15-17-28(18-16-26)36-33(39)24(3)43-31-12-8-11-29(22-31)37-35(41)32(21-25-13-19-30(42-4)20-14-25)38-34(40)27-9-6-5-7-10-27/h5-24H,1-4H3,(H,36,39)(H,37,41)(H,38,40)/b32-21+. The van der Waals surface area contributed by atoms with Crippen molar-refractivity contribution in [2.45, 2.75) is 36.8 Å². The van der Waals surface area contributed by atoms with Crippen LogP contribution in [-0.4, -0.2) is 30.1 Å². The minimum Gasteiger partial charge on any atom is -0.497 e. The van der Waals surface area contributed by atoms with E-state index >= 15 is 0 Å². The van der Waals surface area contributed by atoms with Crippen LogP contribution in [0.1, 0.15) is 48.2 Å². The second-order valence-electron chi connectivity index (χ2n) is 10.2. The van der Waals surface area contributed by atoms with E-state index in [4.69, 9.17) is 4.74 Å². The smallest absolute Gasteiger partial charge is 0.272 e. The first-order valence-corrected chi connectivity index (χ1v) is 14.8. The molecule has 0 saturated carbocycles. The van der Waals surface area contributed by atoms with Gasteiger partial charge in [-0.3, -0.25) is 14.4 Å². The van der Waals surface area contributed by atoms with Crippen LogP contribution < -0.4 is 20.7 Å². The van der Waals surface area contributed by atoms with Gasteiger partial charge < -0.3 is 20.7 Å². The van der Waals surface area contributed by atoms with E-state index < -0.39 is 11.8 Å². The molecule has 0 aliphatic carbocycles. The van der Waals surface area contributed by atoms with Crippen molar-refractivity contribution in [3.63, 3.8) is 0 Å². The maximum absolute atomic E-state index is 13.4. The molecule has 4 aromatic rings. The van der Waals surface area contributed by atoms with E-state index in [2.05, 4.69) is 29.8 Å². The Balaban J connectivity index is 1.46. The van der Waals surface area contributed by atoms with Gasteiger partial charge in [0.1, 0.15) is 11.4 Å². The van der Waals surface area contributed by atoms with Crippen molar-refractivity contribution in [1.82, 2.24) is 5.32 Å². The van der Waals surface area contributed by atoms with Gasteiger partial charge in [-0.2, -0.15) is 0 Å². The number of rotatable bonds is 11. The summed E-state index contributed by atoms with van der Waals surface area (Å²) < 4.78 is 5.22. The van der Waals surface area contributed by atoms with Crippen LogP contribution in [-0.2, 0) is 9.59 Å². The van der Waals surface area contributed by atoms with Crippen LogP contribution in [0.3, 0.4) is 0 Å². The van der Waals surface area contributed by atoms with E-state index in [0.29, 0.717) is 28.5 Å². The zero-order valence-corrected chi connectivity index (χ0v) is 25.4. The molecule has 0 heterocycles. The van der Waals surface area contributed by atoms with Crippen molar-refractivity contribution < 1.29 is 19.1 Å².